The van der Waals surface area contributed by atoms with Gasteiger partial charge in [0.2, 0.25) is 5.91 Å². The number of allylic oxidation sites excluding steroid dienone is 4. The van der Waals surface area contributed by atoms with Crippen molar-refractivity contribution in [2.24, 2.45) is 75.7 Å². The number of hydrogen-bond acceptors (Lipinski definition) is 13. The van der Waals surface area contributed by atoms with Crippen molar-refractivity contribution < 1.29 is 48.5 Å². The topological polar surface area (TPSA) is 206 Å². The first-order valence-electron chi connectivity index (χ1n) is 43.2. The van der Waals surface area contributed by atoms with E-state index in [0.717, 1.165) is 120 Å². The minimum atomic E-state index is -0.720. The summed E-state index contributed by atoms with van der Waals surface area (Å²) in [4.78, 5) is 83.0. The van der Waals surface area contributed by atoms with Crippen LogP contribution in [-0.4, -0.2) is 141 Å². The van der Waals surface area contributed by atoms with Gasteiger partial charge in [-0.25, -0.2) is 0 Å². The van der Waals surface area contributed by atoms with Gasteiger partial charge in [-0.3, -0.25) is 33.8 Å². The first-order valence-corrected chi connectivity index (χ1v) is 43.2. The van der Waals surface area contributed by atoms with Crippen LogP contribution in [0.5, 0.6) is 0 Å². The Balaban J connectivity index is 0.000000177. The average molecular weight is 1510 g/mol. The summed E-state index contributed by atoms with van der Waals surface area (Å²) in [5.41, 5.74) is 20.3. The Hall–Kier alpha value is -6.62. The molecule has 0 radical (unpaired) electrons. The van der Waals surface area contributed by atoms with Crippen molar-refractivity contribution in [1.29, 1.82) is 0 Å². The molecule has 0 bridgehead atoms. The van der Waals surface area contributed by atoms with Gasteiger partial charge in [0.25, 0.3) is 0 Å². The van der Waals surface area contributed by atoms with E-state index in [1.54, 1.807) is 41.0 Å². The smallest absolute Gasteiger partial charge is 0.221 e. The molecule has 5 N–H and O–H groups in total. The molecule has 8 aliphatic carbocycles. The first-order chi connectivity index (χ1) is 53.2. The quantitative estimate of drug-likeness (QED) is 0.0427. The van der Waals surface area contributed by atoms with E-state index in [1.165, 1.54) is 55.7 Å². The van der Waals surface area contributed by atoms with Gasteiger partial charge < -0.3 is 35.5 Å². The highest BCUT2D eigenvalue weighted by Gasteiger charge is 2.64. The second-order valence-electron chi connectivity index (χ2n) is 37.7. The largest absolute Gasteiger partial charge is 0.393 e. The Morgan fingerprint density at radius 1 is 0.532 bits per heavy atom. The van der Waals surface area contributed by atoms with Crippen LogP contribution in [0.25, 0.3) is 0 Å². The number of amides is 1. The predicted molar refractivity (Wildman–Crippen MR) is 436 cm³/mol. The maximum Gasteiger partial charge on any atom is 0.221 e. The Kier molecular flexibility index (Phi) is 23.4. The van der Waals surface area contributed by atoms with Crippen LogP contribution in [0.4, 0.5) is 0 Å². The van der Waals surface area contributed by atoms with Crippen LogP contribution in [0.15, 0.2) is 155 Å². The number of fused-ring (bicyclic) bond motifs is 12. The number of carbonyl (C=O) groups is 6. The summed E-state index contributed by atoms with van der Waals surface area (Å²) < 4.78 is 14.7. The molecule has 22 atom stereocenters. The maximum atomic E-state index is 14.0. The summed E-state index contributed by atoms with van der Waals surface area (Å²) in [6.07, 6.45) is 25.6. The van der Waals surface area contributed by atoms with Crippen molar-refractivity contribution in [3.05, 3.63) is 188 Å². The minimum absolute atomic E-state index is 0.00244. The fourth-order valence-electron chi connectivity index (χ4n) is 25.2. The molecule has 0 aromatic heterocycles. The normalized spacial score (nSPS) is 35.8. The Morgan fingerprint density at radius 2 is 0.955 bits per heavy atom. The number of piperidine rings is 2. The zero-order chi connectivity index (χ0) is 78.0. The van der Waals surface area contributed by atoms with Crippen LogP contribution >= 0.6 is 0 Å². The molecular formula is C97H126N4O10. The lowest BCUT2D eigenvalue weighted by Gasteiger charge is -2.49. The average Bonchev–Trinajstić information content (AvgIpc) is 1.55. The number of Topliss-reactive ketones (excluding diaryl/α,β-unsaturated/α-hetero) is 3. The van der Waals surface area contributed by atoms with E-state index < -0.39 is 12.1 Å². The summed E-state index contributed by atoms with van der Waals surface area (Å²) in [5, 5.41) is 23.9. The number of nitrogens with one attached hydrogen (secondary N) is 1. The van der Waals surface area contributed by atoms with Crippen LogP contribution in [0.3, 0.4) is 0 Å². The van der Waals surface area contributed by atoms with Crippen molar-refractivity contribution in [2.45, 2.75) is 276 Å². The predicted octanol–water partition coefficient (Wildman–Crippen LogP) is 16.3. The Morgan fingerprint density at radius 3 is 1.40 bits per heavy atom. The van der Waals surface area contributed by atoms with Crippen LogP contribution in [0.2, 0.25) is 0 Å². The molecule has 4 aromatic rings. The summed E-state index contributed by atoms with van der Waals surface area (Å²) in [7, 11) is 0. The number of rotatable bonds is 22. The maximum absolute atomic E-state index is 14.0. The number of aliphatic hydroxyl groups excluding tert-OH is 2. The van der Waals surface area contributed by atoms with E-state index >= 15 is 0 Å². The Bertz CT molecular complexity index is 4260. The number of ketones is 5. The Labute approximate surface area is 661 Å². The highest BCUT2D eigenvalue weighted by Crippen LogP contribution is 2.68. The lowest BCUT2D eigenvalue weighted by molar-refractivity contribution is -0.129. The van der Waals surface area contributed by atoms with E-state index in [1.807, 2.05) is 84.9 Å². The second kappa shape index (κ2) is 32.6. The number of carbonyl (C=O) groups excluding carboxylic acids is 6. The van der Waals surface area contributed by atoms with Crippen LogP contribution < -0.4 is 11.1 Å². The lowest BCUT2D eigenvalue weighted by atomic mass is 9.56. The van der Waals surface area contributed by atoms with E-state index in [0.29, 0.717) is 120 Å². The lowest BCUT2D eigenvalue weighted by Crippen LogP contribution is -2.52. The van der Waals surface area contributed by atoms with Crippen molar-refractivity contribution in [2.75, 3.05) is 26.2 Å². The number of nitrogens with two attached hydrogens (primary N) is 1. The number of likely N-dealkylation sites (tertiary alicyclic amines) is 2. The molecule has 12 aliphatic rings. The second-order valence-corrected chi connectivity index (χ2v) is 37.7. The van der Waals surface area contributed by atoms with Gasteiger partial charge in [0.1, 0.15) is 11.6 Å². The van der Waals surface area contributed by atoms with E-state index in [-0.39, 0.29) is 94.1 Å². The standard InChI is InChI=1S/C51H66N2O6.C46H60N2O4/c1-31-26-46-48(34(4)51(59-46)24-22-40-41-19-18-38-28-39(55)21-23-50(38,5)43(41)29-42(40)33(51)3)53(30-31)25-9-12-45(56)44(52-47(57)20-13-32(2)54)27-35-14-16-37(17-15-35)49(58)36-10-7-6-8-11-36;1-28-23-42-43(48(27-28)22-8-11-41(50)40(47)24-31-12-14-33(15-13-31)44(51)32-9-6-5-7-10-32)30(3)46(52-42)21-19-36-37-17-16-34-25-35(49)18-20-45(34,4)39(37)26-38(36)29(46)2/h6-8,10-11,14-18,31,34,39-41,43-44,46,48,55H,9,12-13,19-30H2,1-5H3,(H,52,57);5-7,9-10,12-16,28,30,35-37,39-40,42-43,49H,8,11,17-27,47H2,1-4H3/t31-,34+,39-,40-,41-,43-,44-,46+,48-,50-,51-;28-,30+,35-,36-,37-,39-,40-,42+,43-,45-,46-/m00/s1. The molecule has 4 saturated carbocycles. The highest BCUT2D eigenvalue weighted by molar-refractivity contribution is 6.09. The monoisotopic (exact) mass is 1510 g/mol. The molecule has 4 heterocycles. The number of nitrogens with zero attached hydrogens (tertiary/aromatic N) is 2. The van der Waals surface area contributed by atoms with E-state index in [9.17, 15) is 39.0 Å². The van der Waals surface area contributed by atoms with Crippen LogP contribution in [0, 0.1) is 70.0 Å². The summed E-state index contributed by atoms with van der Waals surface area (Å²) in [5.74, 6) is 5.54. The van der Waals surface area contributed by atoms with Crippen molar-refractivity contribution >= 4 is 34.8 Å². The fourth-order valence-corrected chi connectivity index (χ4v) is 25.2. The zero-order valence-electron chi connectivity index (χ0n) is 67.9. The highest BCUT2D eigenvalue weighted by atomic mass is 16.5. The van der Waals surface area contributed by atoms with Crippen LogP contribution in [0.1, 0.15) is 247 Å². The molecule has 4 saturated heterocycles. The van der Waals surface area contributed by atoms with Gasteiger partial charge in [0.15, 0.2) is 17.3 Å². The molecule has 8 fully saturated rings. The van der Waals surface area contributed by atoms with Gasteiger partial charge in [0, 0.05) is 84.9 Å². The minimum Gasteiger partial charge on any atom is -0.393 e. The molecular weight excluding hydrogens is 1380 g/mol. The molecule has 14 heteroatoms. The zero-order valence-corrected chi connectivity index (χ0v) is 67.9. The SMILES string of the molecule is CC(=O)CCC(=O)N[C@@H](Cc1ccc(C(=O)c2ccccc2)cc1)C(=O)CCCN1C[C@@H](C)C[C@H]2O[C@]3(CC[C@@H]4C(=C3C)C[C@H]3[C@H]4CC=C4C[C@@H](O)CC[C@@]43C)[C@H](C)[C@@H]21.CC1=C2C[C@H]3[C@@H](CC=C4C[C@@H](O)CC[C@@]43C)[C@@H]2CC[C@]12O[C@@H]1C[C@H](C)CN(CCCC(=O)[C@@H](N)Cc3ccc(C(=O)c4ccccc4)cc3)[C@H]1[C@H]2C. The van der Waals surface area contributed by atoms with Crippen molar-refractivity contribution in [3.63, 3.8) is 0 Å². The molecule has 2 spiro atoms. The van der Waals surface area contributed by atoms with Crippen LogP contribution in [-0.2, 0) is 41.5 Å². The van der Waals surface area contributed by atoms with Gasteiger partial charge >= 0.3 is 0 Å². The molecule has 594 valence electrons. The summed E-state index contributed by atoms with van der Waals surface area (Å²) in [6.45, 7) is 24.6. The van der Waals surface area contributed by atoms with Gasteiger partial charge in [0.05, 0.1) is 47.7 Å². The molecule has 14 nitrogen and oxygen atoms in total. The fraction of sp³-hybridized carbons (Fsp3) is 0.608. The van der Waals surface area contributed by atoms with E-state index in [4.69, 9.17) is 15.2 Å². The number of hydrogen-bond donors (Lipinski definition) is 4. The molecule has 111 heavy (non-hydrogen) atoms. The molecule has 4 aliphatic heterocycles. The summed E-state index contributed by atoms with van der Waals surface area (Å²) in [6, 6.07) is 32.7. The van der Waals surface area contributed by atoms with Crippen molar-refractivity contribution in [1.82, 2.24) is 15.1 Å². The summed E-state index contributed by atoms with van der Waals surface area (Å²) >= 11 is 0. The third-order valence-electron chi connectivity index (χ3n) is 31.2. The number of ether oxygens (including phenoxy) is 2. The van der Waals surface area contributed by atoms with Crippen molar-refractivity contribution in [3.8, 4) is 0 Å². The molecule has 4 aromatic carbocycles. The molecule has 16 rings (SSSR count). The number of benzene rings is 4. The third-order valence-corrected chi connectivity index (χ3v) is 31.2. The third kappa shape index (κ3) is 15.4. The van der Waals surface area contributed by atoms with Gasteiger partial charge in [-0.15, -0.1) is 0 Å². The molecule has 0 unspecified atom stereocenters. The van der Waals surface area contributed by atoms with Gasteiger partial charge in [-0.1, -0.05) is 185 Å². The molecule has 1 amide bonds. The number of aliphatic hydroxyl groups is 2. The van der Waals surface area contributed by atoms with E-state index in [2.05, 4.69) is 82.7 Å². The van der Waals surface area contributed by atoms with Gasteiger partial charge in [-0.2, -0.15) is 0 Å². The van der Waals surface area contributed by atoms with Gasteiger partial charge in [-0.05, 0) is 243 Å². The first kappa shape index (κ1) is 79.6.